The zero-order valence-corrected chi connectivity index (χ0v) is 12.9. The first-order valence-electron chi connectivity index (χ1n) is 8.06. The fraction of sp³-hybridized carbons (Fsp3) is 0.625. The van der Waals surface area contributed by atoms with E-state index in [1.807, 2.05) is 11.7 Å². The molecule has 1 saturated carbocycles. The molecule has 0 amide bonds. The van der Waals surface area contributed by atoms with E-state index in [1.165, 1.54) is 48.6 Å². The van der Waals surface area contributed by atoms with Crippen LogP contribution in [0.1, 0.15) is 54.5 Å². The lowest BCUT2D eigenvalue weighted by Gasteiger charge is -2.17. The molecule has 2 aliphatic rings. The van der Waals surface area contributed by atoms with Crippen molar-refractivity contribution < 1.29 is 0 Å². The van der Waals surface area contributed by atoms with Gasteiger partial charge in [-0.2, -0.15) is 5.10 Å². The SMILES string of the molecule is Cc1nn(C)cc1-n1c(C2CCCC2)nc2c1CCNC2. The lowest BCUT2D eigenvalue weighted by molar-refractivity contribution is 0.617. The lowest BCUT2D eigenvalue weighted by atomic mass is 10.1. The zero-order valence-electron chi connectivity index (χ0n) is 12.9. The van der Waals surface area contributed by atoms with Gasteiger partial charge in [-0.1, -0.05) is 12.8 Å². The first-order chi connectivity index (χ1) is 10.2. The minimum atomic E-state index is 0.621. The van der Waals surface area contributed by atoms with Gasteiger partial charge in [-0.25, -0.2) is 4.98 Å². The maximum atomic E-state index is 5.02. The van der Waals surface area contributed by atoms with Crippen molar-refractivity contribution in [1.29, 1.82) is 0 Å². The number of nitrogens with one attached hydrogen (secondary N) is 1. The van der Waals surface area contributed by atoms with E-state index < -0.39 is 0 Å². The van der Waals surface area contributed by atoms with E-state index in [9.17, 15) is 0 Å². The molecular formula is C16H23N5. The second-order valence-corrected chi connectivity index (χ2v) is 6.38. The van der Waals surface area contributed by atoms with Crippen molar-refractivity contribution >= 4 is 0 Å². The van der Waals surface area contributed by atoms with Crippen LogP contribution < -0.4 is 5.32 Å². The fourth-order valence-corrected chi connectivity index (χ4v) is 3.86. The van der Waals surface area contributed by atoms with Gasteiger partial charge in [0.2, 0.25) is 0 Å². The summed E-state index contributed by atoms with van der Waals surface area (Å²) < 4.78 is 4.34. The molecule has 5 nitrogen and oxygen atoms in total. The summed E-state index contributed by atoms with van der Waals surface area (Å²) in [4.78, 5) is 5.02. The van der Waals surface area contributed by atoms with Gasteiger partial charge in [-0.15, -0.1) is 0 Å². The Morgan fingerprint density at radius 2 is 2.10 bits per heavy atom. The highest BCUT2D eigenvalue weighted by Gasteiger charge is 2.28. The van der Waals surface area contributed by atoms with Crippen molar-refractivity contribution in [3.8, 4) is 5.69 Å². The summed E-state index contributed by atoms with van der Waals surface area (Å²) >= 11 is 0. The van der Waals surface area contributed by atoms with Gasteiger partial charge in [-0.3, -0.25) is 9.25 Å². The molecule has 0 unspecified atom stereocenters. The van der Waals surface area contributed by atoms with Crippen LogP contribution >= 0.6 is 0 Å². The molecule has 0 saturated heterocycles. The van der Waals surface area contributed by atoms with Crippen molar-refractivity contribution in [2.45, 2.75) is 51.5 Å². The summed E-state index contributed by atoms with van der Waals surface area (Å²) in [7, 11) is 2.00. The number of rotatable bonds is 2. The Hall–Kier alpha value is -1.62. The van der Waals surface area contributed by atoms with E-state index in [2.05, 4.69) is 28.1 Å². The number of hydrogen-bond donors (Lipinski definition) is 1. The maximum Gasteiger partial charge on any atom is 0.117 e. The monoisotopic (exact) mass is 285 g/mol. The molecule has 0 radical (unpaired) electrons. The minimum Gasteiger partial charge on any atom is -0.311 e. The number of hydrogen-bond acceptors (Lipinski definition) is 3. The van der Waals surface area contributed by atoms with Crippen LogP contribution in [0.3, 0.4) is 0 Å². The van der Waals surface area contributed by atoms with Crippen LogP contribution in [0.2, 0.25) is 0 Å². The Kier molecular flexibility index (Phi) is 3.10. The highest BCUT2D eigenvalue weighted by atomic mass is 15.3. The predicted molar refractivity (Wildman–Crippen MR) is 81.7 cm³/mol. The number of nitrogens with zero attached hydrogens (tertiary/aromatic N) is 4. The quantitative estimate of drug-likeness (QED) is 0.920. The topological polar surface area (TPSA) is 47.7 Å². The normalized spacial score (nSPS) is 19.1. The Morgan fingerprint density at radius 3 is 2.81 bits per heavy atom. The molecule has 2 aromatic rings. The molecule has 112 valence electrons. The summed E-state index contributed by atoms with van der Waals surface area (Å²) in [6.07, 6.45) is 8.44. The molecule has 0 aromatic carbocycles. The van der Waals surface area contributed by atoms with Crippen molar-refractivity contribution in [1.82, 2.24) is 24.6 Å². The van der Waals surface area contributed by atoms with Crippen LogP contribution in [0.5, 0.6) is 0 Å². The molecular weight excluding hydrogens is 262 g/mol. The smallest absolute Gasteiger partial charge is 0.117 e. The van der Waals surface area contributed by atoms with Gasteiger partial charge in [0.1, 0.15) is 5.82 Å². The molecule has 0 atom stereocenters. The van der Waals surface area contributed by atoms with Crippen LogP contribution in [0.4, 0.5) is 0 Å². The van der Waals surface area contributed by atoms with Crippen molar-refractivity contribution in [2.24, 2.45) is 7.05 Å². The molecule has 2 aromatic heterocycles. The Labute approximate surface area is 125 Å². The molecule has 5 heteroatoms. The van der Waals surface area contributed by atoms with Crippen molar-refractivity contribution in [2.75, 3.05) is 6.54 Å². The summed E-state index contributed by atoms with van der Waals surface area (Å²) in [5.41, 5.74) is 4.95. The van der Waals surface area contributed by atoms with Gasteiger partial charge in [0.25, 0.3) is 0 Å². The zero-order chi connectivity index (χ0) is 14.4. The second kappa shape index (κ2) is 4.98. The average Bonchev–Trinajstić information content (AvgIpc) is 3.16. The third-order valence-corrected chi connectivity index (χ3v) is 4.86. The van der Waals surface area contributed by atoms with E-state index in [1.54, 1.807) is 0 Å². The van der Waals surface area contributed by atoms with Crippen LogP contribution in [-0.2, 0) is 20.0 Å². The first kappa shape index (κ1) is 13.1. The van der Waals surface area contributed by atoms with E-state index in [0.717, 1.165) is 25.2 Å². The third kappa shape index (κ3) is 2.11. The van der Waals surface area contributed by atoms with Crippen LogP contribution in [0.25, 0.3) is 5.69 Å². The fourth-order valence-electron chi connectivity index (χ4n) is 3.86. The van der Waals surface area contributed by atoms with Crippen LogP contribution in [0.15, 0.2) is 6.20 Å². The van der Waals surface area contributed by atoms with E-state index in [-0.39, 0.29) is 0 Å². The highest BCUT2D eigenvalue weighted by Crippen LogP contribution is 2.36. The van der Waals surface area contributed by atoms with Gasteiger partial charge >= 0.3 is 0 Å². The molecule has 1 fully saturated rings. The van der Waals surface area contributed by atoms with Gasteiger partial charge in [0, 0.05) is 44.4 Å². The van der Waals surface area contributed by atoms with Gasteiger partial charge < -0.3 is 5.32 Å². The maximum absolute atomic E-state index is 5.02. The number of aromatic nitrogens is 4. The standard InChI is InChI=1S/C16H23N5/c1-11-15(10-20(2)19-11)21-14-7-8-17-9-13(14)18-16(21)12-5-3-4-6-12/h10,12,17H,3-9H2,1-2H3. The minimum absolute atomic E-state index is 0.621. The van der Waals surface area contributed by atoms with Crippen LogP contribution in [-0.4, -0.2) is 25.9 Å². The number of aryl methyl sites for hydroxylation is 2. The molecule has 4 rings (SSSR count). The lowest BCUT2D eigenvalue weighted by Crippen LogP contribution is -2.24. The molecule has 0 spiro atoms. The molecule has 3 heterocycles. The van der Waals surface area contributed by atoms with Crippen molar-refractivity contribution in [3.05, 3.63) is 29.1 Å². The van der Waals surface area contributed by atoms with E-state index in [4.69, 9.17) is 4.98 Å². The molecule has 1 N–H and O–H groups in total. The molecule has 1 aliphatic carbocycles. The number of imidazole rings is 1. The summed E-state index contributed by atoms with van der Waals surface area (Å²) in [5, 5.41) is 7.98. The van der Waals surface area contributed by atoms with Crippen molar-refractivity contribution in [3.63, 3.8) is 0 Å². The summed E-state index contributed by atoms with van der Waals surface area (Å²) in [5.74, 6) is 1.90. The summed E-state index contributed by atoms with van der Waals surface area (Å²) in [6.45, 7) is 4.05. The Morgan fingerprint density at radius 1 is 1.29 bits per heavy atom. The van der Waals surface area contributed by atoms with Gasteiger partial charge in [-0.05, 0) is 19.8 Å². The third-order valence-electron chi connectivity index (χ3n) is 4.86. The Bertz CT molecular complexity index is 661. The average molecular weight is 285 g/mol. The van der Waals surface area contributed by atoms with E-state index in [0.29, 0.717) is 5.92 Å². The van der Waals surface area contributed by atoms with Gasteiger partial charge in [0.05, 0.1) is 17.1 Å². The molecule has 1 aliphatic heterocycles. The molecule has 21 heavy (non-hydrogen) atoms. The molecule has 0 bridgehead atoms. The van der Waals surface area contributed by atoms with Crippen LogP contribution in [0, 0.1) is 6.92 Å². The Balaban J connectivity index is 1.90. The second-order valence-electron chi connectivity index (χ2n) is 6.38. The largest absolute Gasteiger partial charge is 0.311 e. The highest BCUT2D eigenvalue weighted by molar-refractivity contribution is 5.41. The summed E-state index contributed by atoms with van der Waals surface area (Å²) in [6, 6.07) is 0. The first-order valence-corrected chi connectivity index (χ1v) is 8.06. The van der Waals surface area contributed by atoms with Gasteiger partial charge in [0.15, 0.2) is 0 Å². The van der Waals surface area contributed by atoms with E-state index >= 15 is 0 Å². The number of fused-ring (bicyclic) bond motifs is 1. The predicted octanol–water partition coefficient (Wildman–Crippen LogP) is 2.22.